The van der Waals surface area contributed by atoms with Crippen LogP contribution in [0.5, 0.6) is 0 Å². The van der Waals surface area contributed by atoms with E-state index in [0.717, 1.165) is 38.1 Å². The summed E-state index contributed by atoms with van der Waals surface area (Å²) in [5, 5.41) is 7.34. The summed E-state index contributed by atoms with van der Waals surface area (Å²) in [6.45, 7) is 4.21. The summed E-state index contributed by atoms with van der Waals surface area (Å²) in [6, 6.07) is 0.0199. The van der Waals surface area contributed by atoms with Crippen LogP contribution in [-0.2, 0) is 21.3 Å². The molecule has 0 aromatic carbocycles. The molecule has 1 aromatic heterocycles. The fourth-order valence-electron chi connectivity index (χ4n) is 3.06. The van der Waals surface area contributed by atoms with Gasteiger partial charge in [-0.3, -0.25) is 14.4 Å². The Hall–Kier alpha value is -1.44. The van der Waals surface area contributed by atoms with Gasteiger partial charge in [-0.1, -0.05) is 0 Å². The average molecular weight is 308 g/mol. The summed E-state index contributed by atoms with van der Waals surface area (Å²) in [7, 11) is 1.89. The molecule has 0 saturated carbocycles. The van der Waals surface area contributed by atoms with Crippen LogP contribution < -0.4 is 5.32 Å². The van der Waals surface area contributed by atoms with E-state index >= 15 is 0 Å². The Bertz CT molecular complexity index is 499. The van der Waals surface area contributed by atoms with Crippen molar-refractivity contribution in [2.24, 2.45) is 7.05 Å². The van der Waals surface area contributed by atoms with Gasteiger partial charge in [0.2, 0.25) is 5.91 Å². The fourth-order valence-corrected chi connectivity index (χ4v) is 3.06. The minimum atomic E-state index is -0.101. The van der Waals surface area contributed by atoms with Crippen molar-refractivity contribution >= 4 is 5.91 Å². The molecule has 22 heavy (non-hydrogen) atoms. The van der Waals surface area contributed by atoms with Gasteiger partial charge in [0.25, 0.3) is 0 Å². The van der Waals surface area contributed by atoms with E-state index in [0.29, 0.717) is 19.8 Å². The highest BCUT2D eigenvalue weighted by Crippen LogP contribution is 2.28. The Morgan fingerprint density at radius 3 is 2.95 bits per heavy atom. The van der Waals surface area contributed by atoms with Gasteiger partial charge in [-0.15, -0.1) is 0 Å². The second-order valence-corrected chi connectivity index (χ2v) is 5.94. The van der Waals surface area contributed by atoms with Gasteiger partial charge in [-0.2, -0.15) is 5.10 Å². The number of nitrogens with one attached hydrogen (secondary N) is 1. The predicted octanol–water partition coefficient (Wildman–Crippen LogP) is 0.0886. The fraction of sp³-hybridized carbons (Fsp3) is 0.733. The lowest BCUT2D eigenvalue weighted by Crippen LogP contribution is -2.48. The van der Waals surface area contributed by atoms with E-state index in [9.17, 15) is 4.79 Å². The molecule has 2 atom stereocenters. The first-order valence-electron chi connectivity index (χ1n) is 7.92. The predicted molar refractivity (Wildman–Crippen MR) is 80.3 cm³/mol. The van der Waals surface area contributed by atoms with Crippen molar-refractivity contribution in [3.8, 4) is 0 Å². The third-order valence-corrected chi connectivity index (χ3v) is 4.19. The third kappa shape index (κ3) is 3.85. The smallest absolute Gasteiger partial charge is 0.234 e. The molecule has 0 bridgehead atoms. The van der Waals surface area contributed by atoms with Crippen LogP contribution in [0, 0.1) is 0 Å². The van der Waals surface area contributed by atoms with Gasteiger partial charge >= 0.3 is 0 Å². The van der Waals surface area contributed by atoms with Crippen LogP contribution in [-0.4, -0.2) is 66.1 Å². The van der Waals surface area contributed by atoms with Crippen LogP contribution in [0.25, 0.3) is 0 Å². The molecule has 0 unspecified atom stereocenters. The standard InChI is InChI=1S/C15H24N4O3/c1-18-10-12(9-16-18)15-13(3-2-6-22-15)17-14(20)11-19-4-7-21-8-5-19/h9-10,13,15H,2-8,11H2,1H3,(H,17,20)/t13-,15+/m0/s1. The largest absolute Gasteiger partial charge is 0.379 e. The highest BCUT2D eigenvalue weighted by atomic mass is 16.5. The number of hydrogen-bond acceptors (Lipinski definition) is 5. The van der Waals surface area contributed by atoms with Crippen molar-refractivity contribution < 1.29 is 14.3 Å². The summed E-state index contributed by atoms with van der Waals surface area (Å²) in [5.74, 6) is 0.0614. The molecule has 2 aliphatic heterocycles. The van der Waals surface area contributed by atoms with Crippen LogP contribution in [0.4, 0.5) is 0 Å². The molecule has 7 heteroatoms. The van der Waals surface area contributed by atoms with Gasteiger partial charge in [0.15, 0.2) is 0 Å². The van der Waals surface area contributed by atoms with Crippen LogP contribution in [0.15, 0.2) is 12.4 Å². The summed E-state index contributed by atoms with van der Waals surface area (Å²) in [5.41, 5.74) is 1.03. The maximum Gasteiger partial charge on any atom is 0.234 e. The lowest BCUT2D eigenvalue weighted by atomic mass is 9.98. The molecule has 7 nitrogen and oxygen atoms in total. The molecule has 0 spiro atoms. The number of aryl methyl sites for hydroxylation is 1. The second-order valence-electron chi connectivity index (χ2n) is 5.94. The summed E-state index contributed by atoms with van der Waals surface area (Å²) in [6.07, 6.45) is 5.58. The van der Waals surface area contributed by atoms with Crippen molar-refractivity contribution in [1.82, 2.24) is 20.0 Å². The van der Waals surface area contributed by atoms with Gasteiger partial charge in [-0.25, -0.2) is 0 Å². The molecule has 3 heterocycles. The molecule has 2 saturated heterocycles. The topological polar surface area (TPSA) is 68.6 Å². The molecule has 0 radical (unpaired) electrons. The zero-order valence-electron chi connectivity index (χ0n) is 13.0. The van der Waals surface area contributed by atoms with Gasteiger partial charge in [0.05, 0.1) is 32.0 Å². The lowest BCUT2D eigenvalue weighted by molar-refractivity contribution is -0.126. The normalized spacial score (nSPS) is 26.8. The molecule has 3 rings (SSSR count). The third-order valence-electron chi connectivity index (χ3n) is 4.19. The number of ether oxygens (including phenoxy) is 2. The number of carbonyl (C=O) groups is 1. The minimum Gasteiger partial charge on any atom is -0.379 e. The van der Waals surface area contributed by atoms with E-state index in [2.05, 4.69) is 15.3 Å². The number of morpholine rings is 1. The molecule has 1 aromatic rings. The molecular formula is C15H24N4O3. The Morgan fingerprint density at radius 2 is 2.23 bits per heavy atom. The number of nitrogens with zero attached hydrogens (tertiary/aromatic N) is 3. The molecule has 2 fully saturated rings. The molecule has 1 N–H and O–H groups in total. The highest BCUT2D eigenvalue weighted by Gasteiger charge is 2.30. The van der Waals surface area contributed by atoms with E-state index < -0.39 is 0 Å². The first-order valence-corrected chi connectivity index (χ1v) is 7.92. The van der Waals surface area contributed by atoms with E-state index in [1.54, 1.807) is 4.68 Å². The summed E-state index contributed by atoms with van der Waals surface area (Å²) >= 11 is 0. The number of carbonyl (C=O) groups excluding carboxylic acids is 1. The molecule has 0 aliphatic carbocycles. The van der Waals surface area contributed by atoms with Crippen LogP contribution >= 0.6 is 0 Å². The zero-order chi connectivity index (χ0) is 15.4. The van der Waals surface area contributed by atoms with Crippen molar-refractivity contribution in [1.29, 1.82) is 0 Å². The summed E-state index contributed by atoms with van der Waals surface area (Å²) in [4.78, 5) is 14.4. The van der Waals surface area contributed by atoms with Gasteiger partial charge in [0, 0.05) is 38.5 Å². The minimum absolute atomic E-state index is 0.0199. The van der Waals surface area contributed by atoms with E-state index in [-0.39, 0.29) is 18.1 Å². The van der Waals surface area contributed by atoms with Gasteiger partial charge in [-0.05, 0) is 12.8 Å². The van der Waals surface area contributed by atoms with Crippen molar-refractivity contribution in [3.63, 3.8) is 0 Å². The maximum atomic E-state index is 12.3. The van der Waals surface area contributed by atoms with Crippen molar-refractivity contribution in [2.75, 3.05) is 39.5 Å². The second kappa shape index (κ2) is 7.21. The SMILES string of the molecule is Cn1cc([C@H]2OCCC[C@@H]2NC(=O)CN2CCOCC2)cn1. The lowest BCUT2D eigenvalue weighted by Gasteiger charge is -2.33. The number of aromatic nitrogens is 2. The van der Waals surface area contributed by atoms with Crippen molar-refractivity contribution in [2.45, 2.75) is 25.0 Å². The highest BCUT2D eigenvalue weighted by molar-refractivity contribution is 5.78. The quantitative estimate of drug-likeness (QED) is 0.854. The molecule has 122 valence electrons. The van der Waals surface area contributed by atoms with E-state index in [4.69, 9.17) is 9.47 Å². The van der Waals surface area contributed by atoms with Crippen molar-refractivity contribution in [3.05, 3.63) is 18.0 Å². The monoisotopic (exact) mass is 308 g/mol. The number of hydrogen-bond donors (Lipinski definition) is 1. The zero-order valence-corrected chi connectivity index (χ0v) is 13.0. The first-order chi connectivity index (χ1) is 10.7. The van der Waals surface area contributed by atoms with E-state index in [1.165, 1.54) is 0 Å². The van der Waals surface area contributed by atoms with Gasteiger partial charge in [0.1, 0.15) is 6.10 Å². The maximum absolute atomic E-state index is 12.3. The molecular weight excluding hydrogens is 284 g/mol. The van der Waals surface area contributed by atoms with Gasteiger partial charge < -0.3 is 14.8 Å². The summed E-state index contributed by atoms with van der Waals surface area (Å²) < 4.78 is 12.9. The Kier molecular flexibility index (Phi) is 5.07. The van der Waals surface area contributed by atoms with Crippen LogP contribution in [0.3, 0.4) is 0 Å². The average Bonchev–Trinajstić information content (AvgIpc) is 2.95. The molecule has 1 amide bonds. The Labute approximate surface area is 130 Å². The number of amides is 1. The van der Waals surface area contributed by atoms with Crippen LogP contribution in [0.1, 0.15) is 24.5 Å². The molecule has 2 aliphatic rings. The Balaban J connectivity index is 1.57. The van der Waals surface area contributed by atoms with E-state index in [1.807, 2.05) is 19.4 Å². The van der Waals surface area contributed by atoms with Crippen LogP contribution in [0.2, 0.25) is 0 Å². The Morgan fingerprint density at radius 1 is 1.41 bits per heavy atom. The number of rotatable bonds is 4. The first kappa shape index (κ1) is 15.5.